The molecule has 0 spiro atoms. The minimum atomic E-state index is -0.331. The van der Waals surface area contributed by atoms with Crippen molar-refractivity contribution in [1.82, 2.24) is 10.3 Å². The number of hydrogen-bond donors (Lipinski definition) is 2. The van der Waals surface area contributed by atoms with Gasteiger partial charge in [0, 0.05) is 23.0 Å². The smallest absolute Gasteiger partial charge is 0.323 e. The number of methoxy groups -OCH3 is 1. The summed E-state index contributed by atoms with van der Waals surface area (Å²) in [5.74, 6) is -0.200. The first-order chi connectivity index (χ1) is 13.2. The number of benzene rings is 2. The molecule has 1 aliphatic heterocycles. The maximum absolute atomic E-state index is 12.3. The highest BCUT2D eigenvalue weighted by molar-refractivity contribution is 5.87. The second-order valence-electron chi connectivity index (χ2n) is 7.68. The van der Waals surface area contributed by atoms with Gasteiger partial charge in [0.05, 0.1) is 13.2 Å². The molecule has 138 valence electrons. The lowest BCUT2D eigenvalue weighted by molar-refractivity contribution is -0.143. The van der Waals surface area contributed by atoms with Gasteiger partial charge in [0.1, 0.15) is 6.04 Å². The summed E-state index contributed by atoms with van der Waals surface area (Å²) >= 11 is 0. The Kier molecular flexibility index (Phi) is 4.01. The van der Waals surface area contributed by atoms with Crippen LogP contribution >= 0.6 is 0 Å². The fourth-order valence-corrected chi connectivity index (χ4v) is 4.72. The van der Waals surface area contributed by atoms with Crippen LogP contribution < -0.4 is 5.32 Å². The minimum Gasteiger partial charge on any atom is -0.468 e. The van der Waals surface area contributed by atoms with Crippen molar-refractivity contribution in [2.45, 2.75) is 44.2 Å². The second-order valence-corrected chi connectivity index (χ2v) is 7.68. The van der Waals surface area contributed by atoms with E-state index in [1.54, 1.807) is 0 Å². The number of rotatable bonds is 2. The highest BCUT2D eigenvalue weighted by Crippen LogP contribution is 2.36. The van der Waals surface area contributed by atoms with Gasteiger partial charge in [-0.05, 0) is 54.0 Å². The van der Waals surface area contributed by atoms with Crippen LogP contribution in [0.3, 0.4) is 0 Å². The van der Waals surface area contributed by atoms with Crippen LogP contribution in [-0.2, 0) is 28.8 Å². The van der Waals surface area contributed by atoms with Gasteiger partial charge in [0.15, 0.2) is 0 Å². The average molecular weight is 360 g/mol. The maximum Gasteiger partial charge on any atom is 0.323 e. The highest BCUT2D eigenvalue weighted by Gasteiger charge is 2.34. The number of nitrogens with one attached hydrogen (secondary N) is 2. The lowest BCUT2D eigenvalue weighted by atomic mass is 9.86. The second kappa shape index (κ2) is 6.54. The summed E-state index contributed by atoms with van der Waals surface area (Å²) in [5.41, 5.74) is 7.67. The molecule has 2 heterocycles. The number of hydrogen-bond acceptors (Lipinski definition) is 3. The van der Waals surface area contributed by atoms with Gasteiger partial charge >= 0.3 is 5.97 Å². The predicted molar refractivity (Wildman–Crippen MR) is 106 cm³/mol. The molecule has 0 saturated carbocycles. The van der Waals surface area contributed by atoms with Gasteiger partial charge in [-0.2, -0.15) is 0 Å². The third kappa shape index (κ3) is 2.76. The standard InChI is InChI=1S/C23H24N2O2/c1-27-23(26)20-13-18-17-8-4-5-9-19(17)24-22(18)21(25-20)16-11-10-14-6-2-3-7-15(14)12-16/h4-5,8-12,20-21,24-25H,2-3,6-7,13H2,1H3. The van der Waals surface area contributed by atoms with Crippen molar-refractivity contribution in [3.05, 3.63) is 70.4 Å². The van der Waals surface area contributed by atoms with Crippen LogP contribution in [-0.4, -0.2) is 24.1 Å². The van der Waals surface area contributed by atoms with E-state index in [1.165, 1.54) is 59.7 Å². The quantitative estimate of drug-likeness (QED) is 0.683. The first-order valence-electron chi connectivity index (χ1n) is 9.79. The number of ether oxygens (including phenoxy) is 1. The molecule has 2 N–H and O–H groups in total. The normalized spacial score (nSPS) is 21.5. The number of H-pyrrole nitrogens is 1. The van der Waals surface area contributed by atoms with Crippen molar-refractivity contribution in [1.29, 1.82) is 0 Å². The van der Waals surface area contributed by atoms with E-state index in [-0.39, 0.29) is 18.1 Å². The van der Waals surface area contributed by atoms with Crippen molar-refractivity contribution in [2.75, 3.05) is 7.11 Å². The van der Waals surface area contributed by atoms with Gasteiger partial charge < -0.3 is 9.72 Å². The molecule has 4 nitrogen and oxygen atoms in total. The van der Waals surface area contributed by atoms with Gasteiger partial charge in [0.2, 0.25) is 0 Å². The summed E-state index contributed by atoms with van der Waals surface area (Å²) in [6.07, 6.45) is 5.51. The fourth-order valence-electron chi connectivity index (χ4n) is 4.72. The van der Waals surface area contributed by atoms with Gasteiger partial charge in [-0.3, -0.25) is 10.1 Å². The zero-order valence-corrected chi connectivity index (χ0v) is 15.5. The van der Waals surface area contributed by atoms with Crippen molar-refractivity contribution in [3.8, 4) is 0 Å². The van der Waals surface area contributed by atoms with E-state index in [0.717, 1.165) is 11.9 Å². The van der Waals surface area contributed by atoms with E-state index in [2.05, 4.69) is 46.7 Å². The Morgan fingerprint density at radius 1 is 1.07 bits per heavy atom. The molecule has 2 unspecified atom stereocenters. The van der Waals surface area contributed by atoms with Crippen LogP contribution in [0.5, 0.6) is 0 Å². The van der Waals surface area contributed by atoms with E-state index in [0.29, 0.717) is 6.42 Å². The first-order valence-corrected chi connectivity index (χ1v) is 9.79. The number of aromatic amines is 1. The Morgan fingerprint density at radius 3 is 2.74 bits per heavy atom. The topological polar surface area (TPSA) is 54.1 Å². The molecular formula is C23H24N2O2. The lowest BCUT2D eigenvalue weighted by Crippen LogP contribution is -2.45. The van der Waals surface area contributed by atoms with Crippen molar-refractivity contribution >= 4 is 16.9 Å². The van der Waals surface area contributed by atoms with Gasteiger partial charge in [-0.1, -0.05) is 36.4 Å². The minimum absolute atomic E-state index is 0.0301. The predicted octanol–water partition coefficient (Wildman–Crippen LogP) is 3.82. The molecule has 2 aliphatic rings. The Labute approximate surface area is 158 Å². The van der Waals surface area contributed by atoms with Crippen molar-refractivity contribution in [3.63, 3.8) is 0 Å². The van der Waals surface area contributed by atoms with Crippen LogP contribution in [0.15, 0.2) is 42.5 Å². The average Bonchev–Trinajstić information content (AvgIpc) is 3.11. The van der Waals surface area contributed by atoms with Crippen LogP contribution in [0, 0.1) is 0 Å². The molecule has 0 radical (unpaired) electrons. The lowest BCUT2D eigenvalue weighted by Gasteiger charge is -2.31. The fraction of sp³-hybridized carbons (Fsp3) is 0.348. The molecule has 1 aliphatic carbocycles. The monoisotopic (exact) mass is 360 g/mol. The third-order valence-electron chi connectivity index (χ3n) is 6.10. The van der Waals surface area contributed by atoms with E-state index in [4.69, 9.17) is 4.74 Å². The number of fused-ring (bicyclic) bond motifs is 4. The SMILES string of the molecule is COC(=O)C1Cc2c([nH]c3ccccc23)C(c2ccc3c(c2)CCCC3)N1. The zero-order valence-electron chi connectivity index (χ0n) is 15.5. The largest absolute Gasteiger partial charge is 0.468 e. The maximum atomic E-state index is 12.3. The number of carbonyl (C=O) groups excluding carboxylic acids is 1. The zero-order chi connectivity index (χ0) is 18.4. The molecule has 0 fully saturated rings. The van der Waals surface area contributed by atoms with Crippen LogP contribution in [0.25, 0.3) is 10.9 Å². The van der Waals surface area contributed by atoms with Crippen LogP contribution in [0.4, 0.5) is 0 Å². The van der Waals surface area contributed by atoms with Gasteiger partial charge in [-0.15, -0.1) is 0 Å². The van der Waals surface area contributed by atoms with Gasteiger partial charge in [-0.25, -0.2) is 0 Å². The summed E-state index contributed by atoms with van der Waals surface area (Å²) in [5, 5.41) is 4.74. The van der Waals surface area contributed by atoms with E-state index >= 15 is 0 Å². The highest BCUT2D eigenvalue weighted by atomic mass is 16.5. The summed E-state index contributed by atoms with van der Waals surface area (Å²) < 4.78 is 5.06. The Balaban J connectivity index is 1.64. The van der Waals surface area contributed by atoms with Crippen LogP contribution in [0.2, 0.25) is 0 Å². The molecule has 1 aromatic heterocycles. The molecule has 5 rings (SSSR count). The Morgan fingerprint density at radius 2 is 1.89 bits per heavy atom. The number of carbonyl (C=O) groups is 1. The van der Waals surface area contributed by atoms with Crippen LogP contribution in [0.1, 0.15) is 46.8 Å². The molecule has 27 heavy (non-hydrogen) atoms. The number of para-hydroxylation sites is 1. The third-order valence-corrected chi connectivity index (χ3v) is 6.10. The molecule has 0 saturated heterocycles. The number of aryl methyl sites for hydroxylation is 2. The molecule has 0 bridgehead atoms. The molecular weight excluding hydrogens is 336 g/mol. The summed E-state index contributed by atoms with van der Waals surface area (Å²) in [6.45, 7) is 0. The molecule has 3 aromatic rings. The Hall–Kier alpha value is -2.59. The van der Waals surface area contributed by atoms with E-state index < -0.39 is 0 Å². The van der Waals surface area contributed by atoms with Gasteiger partial charge in [0.25, 0.3) is 0 Å². The first kappa shape index (κ1) is 16.6. The summed E-state index contributed by atoms with van der Waals surface area (Å²) in [6, 6.07) is 14.8. The molecule has 2 aromatic carbocycles. The summed E-state index contributed by atoms with van der Waals surface area (Å²) in [7, 11) is 1.46. The summed E-state index contributed by atoms with van der Waals surface area (Å²) in [4.78, 5) is 16.0. The van der Waals surface area contributed by atoms with Crippen molar-refractivity contribution < 1.29 is 9.53 Å². The van der Waals surface area contributed by atoms with E-state index in [9.17, 15) is 4.79 Å². The molecule has 0 amide bonds. The Bertz CT molecular complexity index is 1020. The molecule has 4 heteroatoms. The molecule has 2 atom stereocenters. The number of esters is 1. The van der Waals surface area contributed by atoms with Crippen molar-refractivity contribution in [2.24, 2.45) is 0 Å². The number of aromatic nitrogens is 1. The van der Waals surface area contributed by atoms with E-state index in [1.807, 2.05) is 6.07 Å².